The Balaban J connectivity index is 1.75. The average molecular weight is 469 g/mol. The highest BCUT2D eigenvalue weighted by Crippen LogP contribution is 2.29. The van der Waals surface area contributed by atoms with Gasteiger partial charge in [-0.25, -0.2) is 18.4 Å². The molecule has 0 radical (unpaired) electrons. The predicted molar refractivity (Wildman–Crippen MR) is 113 cm³/mol. The van der Waals surface area contributed by atoms with Crippen molar-refractivity contribution in [2.24, 2.45) is 0 Å². The average Bonchev–Trinajstić information content (AvgIpc) is 2.67. The van der Waals surface area contributed by atoms with Crippen LogP contribution in [-0.2, 0) is 10.0 Å². The third kappa shape index (κ3) is 4.31. The molecule has 0 bridgehead atoms. The van der Waals surface area contributed by atoms with Crippen LogP contribution in [0.3, 0.4) is 0 Å². The summed E-state index contributed by atoms with van der Waals surface area (Å²) < 4.78 is 33.3. The lowest BCUT2D eigenvalue weighted by Gasteiger charge is -2.35. The second-order valence-electron chi connectivity index (χ2n) is 7.07. The minimum absolute atomic E-state index is 0.244. The van der Waals surface area contributed by atoms with E-state index in [1.807, 2.05) is 13.0 Å². The van der Waals surface area contributed by atoms with E-state index in [4.69, 9.17) is 4.74 Å². The molecule has 0 unspecified atom stereocenters. The smallest absolute Gasteiger partial charge is 0.243 e. The Labute approximate surface area is 174 Å². The summed E-state index contributed by atoms with van der Waals surface area (Å²) in [6.07, 6.45) is 0. The van der Waals surface area contributed by atoms with E-state index in [0.717, 1.165) is 17.3 Å². The highest BCUT2D eigenvalue weighted by atomic mass is 79.9. The molecule has 7 nitrogen and oxygen atoms in total. The van der Waals surface area contributed by atoms with E-state index in [2.05, 4.69) is 44.6 Å². The predicted octanol–water partition coefficient (Wildman–Crippen LogP) is 3.19. The van der Waals surface area contributed by atoms with Crippen LogP contribution in [0.2, 0.25) is 0 Å². The number of hydrogen-bond acceptors (Lipinski definition) is 6. The van der Waals surface area contributed by atoms with Crippen LogP contribution in [0.1, 0.15) is 31.3 Å². The number of anilines is 1. The summed E-state index contributed by atoms with van der Waals surface area (Å²) in [6.45, 7) is 8.08. The fraction of sp³-hybridized carbons (Fsp3) is 0.474. The van der Waals surface area contributed by atoms with Crippen molar-refractivity contribution in [1.82, 2.24) is 14.3 Å². The number of ether oxygens (including phenoxy) is 1. The van der Waals surface area contributed by atoms with Gasteiger partial charge in [0.15, 0.2) is 0 Å². The number of piperazine rings is 1. The maximum absolute atomic E-state index is 13.0. The molecule has 1 aromatic heterocycles. The normalized spacial score (nSPS) is 15.9. The van der Waals surface area contributed by atoms with Gasteiger partial charge >= 0.3 is 0 Å². The fourth-order valence-electron chi connectivity index (χ4n) is 3.11. The van der Waals surface area contributed by atoms with Crippen LogP contribution >= 0.6 is 15.9 Å². The third-order valence-electron chi connectivity index (χ3n) is 4.70. The third-order valence-corrected chi connectivity index (χ3v) is 7.21. The molecular weight excluding hydrogens is 444 g/mol. The van der Waals surface area contributed by atoms with E-state index >= 15 is 0 Å². The molecule has 2 aromatic rings. The molecule has 1 saturated heterocycles. The summed E-state index contributed by atoms with van der Waals surface area (Å²) in [7, 11) is -2.01. The number of aromatic nitrogens is 2. The zero-order valence-electron chi connectivity index (χ0n) is 16.5. The second kappa shape index (κ2) is 8.34. The van der Waals surface area contributed by atoms with Crippen LogP contribution in [0.25, 0.3) is 0 Å². The van der Waals surface area contributed by atoms with Crippen molar-refractivity contribution < 1.29 is 13.2 Å². The summed E-state index contributed by atoms with van der Waals surface area (Å²) in [6, 6.07) is 6.78. The standard InChI is InChI=1S/C19H25BrN4O3S/c1-13(2)19-21-14(3)11-18(22-19)23-7-9-24(10-8-23)28(25,26)15-5-6-17(27-4)16(20)12-15/h5-6,11-13H,7-10H2,1-4H3. The summed E-state index contributed by atoms with van der Waals surface area (Å²) in [5.74, 6) is 2.52. The van der Waals surface area contributed by atoms with Gasteiger partial charge in [0.25, 0.3) is 0 Å². The Bertz CT molecular complexity index is 958. The number of methoxy groups -OCH3 is 1. The molecule has 1 aliphatic rings. The number of aryl methyl sites for hydroxylation is 1. The number of rotatable bonds is 5. The molecule has 1 fully saturated rings. The molecule has 0 amide bonds. The van der Waals surface area contributed by atoms with Crippen molar-refractivity contribution >= 4 is 31.8 Å². The van der Waals surface area contributed by atoms with Gasteiger partial charge in [0.1, 0.15) is 17.4 Å². The van der Waals surface area contributed by atoms with Crippen molar-refractivity contribution in [3.05, 3.63) is 40.3 Å². The van der Waals surface area contributed by atoms with Crippen LogP contribution in [0.5, 0.6) is 5.75 Å². The Morgan fingerprint density at radius 2 is 1.79 bits per heavy atom. The fourth-order valence-corrected chi connectivity index (χ4v) is 5.25. The summed E-state index contributed by atoms with van der Waals surface area (Å²) in [5.41, 5.74) is 0.923. The molecule has 3 rings (SSSR count). The van der Waals surface area contributed by atoms with Crippen molar-refractivity contribution in [2.75, 3.05) is 38.2 Å². The summed E-state index contributed by atoms with van der Waals surface area (Å²) in [5, 5.41) is 0. The van der Waals surface area contributed by atoms with E-state index in [1.54, 1.807) is 25.3 Å². The first-order valence-electron chi connectivity index (χ1n) is 9.16. The van der Waals surface area contributed by atoms with Gasteiger partial charge in [0.05, 0.1) is 16.5 Å². The lowest BCUT2D eigenvalue weighted by atomic mass is 10.2. The van der Waals surface area contributed by atoms with Crippen molar-refractivity contribution in [3.8, 4) is 5.75 Å². The largest absolute Gasteiger partial charge is 0.496 e. The van der Waals surface area contributed by atoms with E-state index in [9.17, 15) is 8.42 Å². The van der Waals surface area contributed by atoms with Crippen LogP contribution in [0.4, 0.5) is 5.82 Å². The molecule has 152 valence electrons. The zero-order valence-corrected chi connectivity index (χ0v) is 18.9. The first kappa shape index (κ1) is 21.0. The lowest BCUT2D eigenvalue weighted by Crippen LogP contribution is -2.49. The van der Waals surface area contributed by atoms with E-state index in [-0.39, 0.29) is 10.8 Å². The second-order valence-corrected chi connectivity index (χ2v) is 9.86. The number of nitrogens with zero attached hydrogens (tertiary/aromatic N) is 4. The van der Waals surface area contributed by atoms with Crippen molar-refractivity contribution in [1.29, 1.82) is 0 Å². The molecule has 9 heteroatoms. The summed E-state index contributed by atoms with van der Waals surface area (Å²) in [4.78, 5) is 11.5. The molecule has 0 atom stereocenters. The monoisotopic (exact) mass is 468 g/mol. The molecule has 0 aliphatic carbocycles. The molecule has 1 aliphatic heterocycles. The number of hydrogen-bond donors (Lipinski definition) is 0. The number of benzene rings is 1. The van der Waals surface area contributed by atoms with Gasteiger partial charge in [-0.1, -0.05) is 13.8 Å². The van der Waals surface area contributed by atoms with Gasteiger partial charge in [-0.3, -0.25) is 0 Å². The molecule has 0 saturated carbocycles. The maximum Gasteiger partial charge on any atom is 0.243 e. The Hall–Kier alpha value is -1.71. The molecule has 1 aromatic carbocycles. The lowest BCUT2D eigenvalue weighted by molar-refractivity contribution is 0.383. The van der Waals surface area contributed by atoms with Crippen molar-refractivity contribution in [3.63, 3.8) is 0 Å². The molecule has 0 spiro atoms. The Morgan fingerprint density at radius 1 is 1.11 bits per heavy atom. The van der Waals surface area contributed by atoms with Gasteiger partial charge in [-0.2, -0.15) is 4.31 Å². The van der Waals surface area contributed by atoms with Crippen LogP contribution in [0.15, 0.2) is 33.6 Å². The first-order valence-corrected chi connectivity index (χ1v) is 11.4. The summed E-state index contributed by atoms with van der Waals surface area (Å²) >= 11 is 3.36. The molecule has 0 N–H and O–H groups in total. The van der Waals surface area contributed by atoms with Gasteiger partial charge < -0.3 is 9.64 Å². The Kier molecular flexibility index (Phi) is 6.26. The van der Waals surface area contributed by atoms with Gasteiger partial charge in [-0.05, 0) is 41.1 Å². The van der Waals surface area contributed by atoms with Gasteiger partial charge in [0, 0.05) is 43.9 Å². The van der Waals surface area contributed by atoms with Gasteiger partial charge in [0.2, 0.25) is 10.0 Å². The zero-order chi connectivity index (χ0) is 20.5. The highest BCUT2D eigenvalue weighted by molar-refractivity contribution is 9.10. The topological polar surface area (TPSA) is 75.6 Å². The maximum atomic E-state index is 13.0. The quantitative estimate of drug-likeness (QED) is 0.670. The molecular formula is C19H25BrN4O3S. The molecule has 2 heterocycles. The first-order chi connectivity index (χ1) is 13.2. The number of sulfonamides is 1. The minimum atomic E-state index is -3.56. The van der Waals surface area contributed by atoms with E-state index in [0.29, 0.717) is 36.4 Å². The van der Waals surface area contributed by atoms with Crippen LogP contribution < -0.4 is 9.64 Å². The SMILES string of the molecule is COc1ccc(S(=O)(=O)N2CCN(c3cc(C)nc(C(C)C)n3)CC2)cc1Br. The number of halogens is 1. The van der Waals surface area contributed by atoms with E-state index < -0.39 is 10.0 Å². The Morgan fingerprint density at radius 3 is 2.36 bits per heavy atom. The van der Waals surface area contributed by atoms with Crippen LogP contribution in [0, 0.1) is 6.92 Å². The van der Waals surface area contributed by atoms with Gasteiger partial charge in [-0.15, -0.1) is 0 Å². The van der Waals surface area contributed by atoms with Crippen LogP contribution in [-0.4, -0.2) is 56.0 Å². The highest BCUT2D eigenvalue weighted by Gasteiger charge is 2.29. The van der Waals surface area contributed by atoms with E-state index in [1.165, 1.54) is 4.31 Å². The molecule has 28 heavy (non-hydrogen) atoms. The minimum Gasteiger partial charge on any atom is -0.496 e. The van der Waals surface area contributed by atoms with Crippen molar-refractivity contribution in [2.45, 2.75) is 31.6 Å².